The minimum absolute atomic E-state index is 0.118. The average molecular weight is 253 g/mol. The van der Waals surface area contributed by atoms with Crippen molar-refractivity contribution < 1.29 is 14.4 Å². The predicted octanol–water partition coefficient (Wildman–Crippen LogP) is 1.31. The van der Waals surface area contributed by atoms with Gasteiger partial charge >= 0.3 is 5.97 Å². The lowest BCUT2D eigenvalue weighted by atomic mass is 9.76. The highest BCUT2D eigenvalue weighted by atomic mass is 16.5. The van der Waals surface area contributed by atoms with Gasteiger partial charge in [-0.2, -0.15) is 4.98 Å². The number of rotatable bonds is 4. The second kappa shape index (κ2) is 4.68. The lowest BCUT2D eigenvalue weighted by molar-refractivity contribution is -0.151. The summed E-state index contributed by atoms with van der Waals surface area (Å²) in [6.07, 6.45) is 0.677. The van der Waals surface area contributed by atoms with Gasteiger partial charge in [-0.3, -0.25) is 9.69 Å². The van der Waals surface area contributed by atoms with Crippen LogP contribution in [0.4, 0.5) is 0 Å². The molecule has 2 rings (SSSR count). The van der Waals surface area contributed by atoms with Crippen molar-refractivity contribution in [2.75, 3.05) is 13.1 Å². The van der Waals surface area contributed by atoms with Crippen molar-refractivity contribution in [1.82, 2.24) is 15.0 Å². The van der Waals surface area contributed by atoms with Gasteiger partial charge in [0.05, 0.1) is 12.0 Å². The molecule has 1 N–H and O–H groups in total. The van der Waals surface area contributed by atoms with Gasteiger partial charge < -0.3 is 9.63 Å². The van der Waals surface area contributed by atoms with Gasteiger partial charge in [0.25, 0.3) is 0 Å². The standard InChI is InChI=1S/C12H19N3O3/c1-8(2)12(11(16)17)4-5-15(7-12)6-10-13-9(3)18-14-10/h8H,4-7H2,1-3H3,(H,16,17). The molecule has 0 spiro atoms. The summed E-state index contributed by atoms with van der Waals surface area (Å²) in [4.78, 5) is 17.7. The molecule has 18 heavy (non-hydrogen) atoms. The molecule has 0 bridgehead atoms. The van der Waals surface area contributed by atoms with Gasteiger partial charge in [0.15, 0.2) is 5.82 Å². The molecular formula is C12H19N3O3. The van der Waals surface area contributed by atoms with Gasteiger partial charge in [0, 0.05) is 13.5 Å². The summed E-state index contributed by atoms with van der Waals surface area (Å²) in [7, 11) is 0. The van der Waals surface area contributed by atoms with Gasteiger partial charge in [-0.15, -0.1) is 0 Å². The number of aryl methyl sites for hydroxylation is 1. The van der Waals surface area contributed by atoms with Gasteiger partial charge in [-0.05, 0) is 18.9 Å². The third-order valence-electron chi connectivity index (χ3n) is 3.85. The highest BCUT2D eigenvalue weighted by Gasteiger charge is 2.47. The Morgan fingerprint density at radius 3 is 2.78 bits per heavy atom. The van der Waals surface area contributed by atoms with E-state index in [1.165, 1.54) is 0 Å². The number of carboxylic acid groups (broad SMARTS) is 1. The van der Waals surface area contributed by atoms with Crippen LogP contribution in [0, 0.1) is 18.3 Å². The van der Waals surface area contributed by atoms with Crippen molar-refractivity contribution in [1.29, 1.82) is 0 Å². The van der Waals surface area contributed by atoms with Crippen molar-refractivity contribution in [3.8, 4) is 0 Å². The van der Waals surface area contributed by atoms with Crippen molar-refractivity contribution in [2.45, 2.75) is 33.7 Å². The van der Waals surface area contributed by atoms with Crippen LogP contribution in [-0.4, -0.2) is 39.2 Å². The molecule has 1 aliphatic heterocycles. The molecule has 0 radical (unpaired) electrons. The first kappa shape index (κ1) is 13.0. The van der Waals surface area contributed by atoms with Crippen molar-refractivity contribution >= 4 is 5.97 Å². The molecule has 6 nitrogen and oxygen atoms in total. The zero-order valence-electron chi connectivity index (χ0n) is 11.0. The fraction of sp³-hybridized carbons (Fsp3) is 0.750. The lowest BCUT2D eigenvalue weighted by Crippen LogP contribution is -2.39. The molecule has 0 saturated carbocycles. The fourth-order valence-electron chi connectivity index (χ4n) is 2.55. The Balaban J connectivity index is 2.05. The molecule has 1 saturated heterocycles. The first-order chi connectivity index (χ1) is 8.44. The van der Waals surface area contributed by atoms with Crippen LogP contribution in [0.25, 0.3) is 0 Å². The minimum atomic E-state index is -0.704. The van der Waals surface area contributed by atoms with E-state index in [0.717, 1.165) is 6.54 Å². The molecule has 1 aromatic heterocycles. The maximum atomic E-state index is 11.5. The van der Waals surface area contributed by atoms with Crippen LogP contribution in [0.1, 0.15) is 32.0 Å². The first-order valence-corrected chi connectivity index (χ1v) is 6.19. The zero-order chi connectivity index (χ0) is 13.3. The summed E-state index contributed by atoms with van der Waals surface area (Å²) in [5.41, 5.74) is -0.640. The Bertz CT molecular complexity index is 444. The van der Waals surface area contributed by atoms with E-state index in [1.807, 2.05) is 13.8 Å². The summed E-state index contributed by atoms with van der Waals surface area (Å²) < 4.78 is 4.92. The van der Waals surface area contributed by atoms with E-state index in [9.17, 15) is 9.90 Å². The number of nitrogens with zero attached hydrogens (tertiary/aromatic N) is 3. The highest BCUT2D eigenvalue weighted by Crippen LogP contribution is 2.38. The van der Waals surface area contributed by atoms with Crippen LogP contribution in [0.2, 0.25) is 0 Å². The second-order valence-electron chi connectivity index (χ2n) is 5.31. The van der Waals surface area contributed by atoms with Gasteiger partial charge in [0.1, 0.15) is 0 Å². The summed E-state index contributed by atoms with van der Waals surface area (Å²) in [6.45, 7) is 7.55. The largest absolute Gasteiger partial charge is 0.481 e. The van der Waals surface area contributed by atoms with E-state index in [1.54, 1.807) is 6.92 Å². The number of aliphatic carboxylic acids is 1. The van der Waals surface area contributed by atoms with E-state index < -0.39 is 11.4 Å². The molecule has 100 valence electrons. The van der Waals surface area contributed by atoms with E-state index in [-0.39, 0.29) is 5.92 Å². The summed E-state index contributed by atoms with van der Waals surface area (Å²) in [5.74, 6) is 0.575. The molecule has 0 aromatic carbocycles. The maximum Gasteiger partial charge on any atom is 0.311 e. The number of likely N-dealkylation sites (tertiary alicyclic amines) is 1. The molecule has 1 aliphatic rings. The molecule has 1 aromatic rings. The minimum Gasteiger partial charge on any atom is -0.481 e. The molecule has 1 fully saturated rings. The molecular weight excluding hydrogens is 234 g/mol. The van der Waals surface area contributed by atoms with Gasteiger partial charge in [-0.25, -0.2) is 0 Å². The van der Waals surface area contributed by atoms with Gasteiger partial charge in [-0.1, -0.05) is 19.0 Å². The van der Waals surface area contributed by atoms with E-state index in [4.69, 9.17) is 4.52 Å². The molecule has 0 amide bonds. The molecule has 6 heteroatoms. The number of aromatic nitrogens is 2. The number of carbonyl (C=O) groups is 1. The summed E-state index contributed by atoms with van der Waals surface area (Å²) in [6, 6.07) is 0. The Hall–Kier alpha value is -1.43. The first-order valence-electron chi connectivity index (χ1n) is 6.19. The highest BCUT2D eigenvalue weighted by molar-refractivity contribution is 5.75. The van der Waals surface area contributed by atoms with Crippen molar-refractivity contribution in [3.05, 3.63) is 11.7 Å². The normalized spacial score (nSPS) is 24.9. The Morgan fingerprint density at radius 1 is 1.61 bits per heavy atom. The van der Waals surface area contributed by atoms with Crippen molar-refractivity contribution in [3.63, 3.8) is 0 Å². The van der Waals surface area contributed by atoms with Crippen LogP contribution < -0.4 is 0 Å². The van der Waals surface area contributed by atoms with E-state index in [2.05, 4.69) is 15.0 Å². The van der Waals surface area contributed by atoms with E-state index in [0.29, 0.717) is 31.2 Å². The molecule has 1 unspecified atom stereocenters. The zero-order valence-corrected chi connectivity index (χ0v) is 11.0. The van der Waals surface area contributed by atoms with Crippen LogP contribution >= 0.6 is 0 Å². The quantitative estimate of drug-likeness (QED) is 0.871. The second-order valence-corrected chi connectivity index (χ2v) is 5.31. The van der Waals surface area contributed by atoms with Gasteiger partial charge in [0.2, 0.25) is 5.89 Å². The molecule has 1 atom stereocenters. The molecule has 2 heterocycles. The monoisotopic (exact) mass is 253 g/mol. The third kappa shape index (κ3) is 2.25. The maximum absolute atomic E-state index is 11.5. The number of carboxylic acids is 1. The summed E-state index contributed by atoms with van der Waals surface area (Å²) in [5, 5.41) is 13.3. The molecule has 0 aliphatic carbocycles. The van der Waals surface area contributed by atoms with Crippen LogP contribution in [0.3, 0.4) is 0 Å². The fourth-order valence-corrected chi connectivity index (χ4v) is 2.55. The van der Waals surface area contributed by atoms with Crippen LogP contribution in [0.5, 0.6) is 0 Å². The lowest BCUT2D eigenvalue weighted by Gasteiger charge is -2.28. The predicted molar refractivity (Wildman–Crippen MR) is 63.8 cm³/mol. The Kier molecular flexibility index (Phi) is 3.38. The number of hydrogen-bond donors (Lipinski definition) is 1. The third-order valence-corrected chi connectivity index (χ3v) is 3.85. The van der Waals surface area contributed by atoms with Crippen molar-refractivity contribution in [2.24, 2.45) is 11.3 Å². The van der Waals surface area contributed by atoms with E-state index >= 15 is 0 Å². The number of hydrogen-bond acceptors (Lipinski definition) is 5. The van der Waals surface area contributed by atoms with Crippen LogP contribution in [0.15, 0.2) is 4.52 Å². The Morgan fingerprint density at radius 2 is 2.33 bits per heavy atom. The topological polar surface area (TPSA) is 79.5 Å². The average Bonchev–Trinajstić information content (AvgIpc) is 2.86. The SMILES string of the molecule is Cc1nc(CN2CCC(C(=O)O)(C(C)C)C2)no1. The van der Waals surface area contributed by atoms with Crippen LogP contribution in [-0.2, 0) is 11.3 Å². The summed E-state index contributed by atoms with van der Waals surface area (Å²) >= 11 is 0. The Labute approximate surface area is 106 Å². The smallest absolute Gasteiger partial charge is 0.311 e.